The van der Waals surface area contributed by atoms with E-state index in [4.69, 9.17) is 19.9 Å². The molecule has 2 N–H and O–H groups in total. The molecule has 1 aliphatic heterocycles. The number of nitrogens with zero attached hydrogens (tertiary/aromatic N) is 3. The molecule has 1 aromatic heterocycles. The van der Waals surface area contributed by atoms with Crippen molar-refractivity contribution in [2.75, 3.05) is 14.2 Å². The quantitative estimate of drug-likeness (QED) is 0.702. The van der Waals surface area contributed by atoms with E-state index in [1.54, 1.807) is 18.9 Å². The van der Waals surface area contributed by atoms with Gasteiger partial charge in [-0.1, -0.05) is 36.4 Å². The first-order valence-electron chi connectivity index (χ1n) is 9.48. The zero-order chi connectivity index (χ0) is 21.3. The molecule has 7 nitrogen and oxygen atoms in total. The number of methoxy groups -OCH3 is 2. The highest BCUT2D eigenvalue weighted by Crippen LogP contribution is 2.45. The van der Waals surface area contributed by atoms with Crippen LogP contribution in [0.15, 0.2) is 60.0 Å². The summed E-state index contributed by atoms with van der Waals surface area (Å²) in [4.78, 5) is 0. The molecule has 0 fully saturated rings. The van der Waals surface area contributed by atoms with Crippen LogP contribution in [0.5, 0.6) is 17.4 Å². The highest BCUT2D eigenvalue weighted by Gasteiger charge is 2.36. The van der Waals surface area contributed by atoms with Gasteiger partial charge in [0.15, 0.2) is 11.5 Å². The Kier molecular flexibility index (Phi) is 5.07. The lowest BCUT2D eigenvalue weighted by Crippen LogP contribution is -2.22. The van der Waals surface area contributed by atoms with Gasteiger partial charge >= 0.3 is 0 Å². The number of nitriles is 1. The van der Waals surface area contributed by atoms with E-state index in [0.29, 0.717) is 29.5 Å². The Labute approximate surface area is 174 Å². The molecule has 1 unspecified atom stereocenters. The van der Waals surface area contributed by atoms with Crippen LogP contribution in [-0.4, -0.2) is 24.0 Å². The lowest BCUT2D eigenvalue weighted by molar-refractivity contribution is 0.349. The Morgan fingerprint density at radius 3 is 2.53 bits per heavy atom. The van der Waals surface area contributed by atoms with Crippen LogP contribution in [0.2, 0.25) is 0 Å². The summed E-state index contributed by atoms with van der Waals surface area (Å²) in [5.41, 5.74) is 10.0. The van der Waals surface area contributed by atoms with Crippen molar-refractivity contribution in [2.24, 2.45) is 5.73 Å². The first kappa shape index (κ1) is 19.4. The Bertz CT molecular complexity index is 1160. The normalized spacial score (nSPS) is 15.2. The molecule has 0 saturated heterocycles. The SMILES string of the molecule is COc1ccc(C2C(C#N)=C(N)Oc3c2c(C)nn3Cc2ccccc2)cc1OC. The molecule has 0 saturated carbocycles. The number of aromatic nitrogens is 2. The van der Waals surface area contributed by atoms with Gasteiger partial charge in [0.25, 0.3) is 0 Å². The minimum Gasteiger partial charge on any atom is -0.493 e. The molecule has 4 rings (SSSR count). The fourth-order valence-electron chi connectivity index (χ4n) is 3.81. The number of allylic oxidation sites excluding steroid dienone is 1. The smallest absolute Gasteiger partial charge is 0.224 e. The average molecular weight is 402 g/mol. The van der Waals surface area contributed by atoms with Gasteiger partial charge in [0.05, 0.1) is 37.9 Å². The zero-order valence-electron chi connectivity index (χ0n) is 17.0. The molecule has 152 valence electrons. The Hall–Kier alpha value is -3.92. The molecule has 7 heteroatoms. The molecule has 2 heterocycles. The molecule has 1 atom stereocenters. The molecule has 30 heavy (non-hydrogen) atoms. The molecule has 2 aromatic carbocycles. The third-order valence-electron chi connectivity index (χ3n) is 5.21. The van der Waals surface area contributed by atoms with Gasteiger partial charge in [-0.3, -0.25) is 0 Å². The van der Waals surface area contributed by atoms with Gasteiger partial charge in [-0.05, 0) is 30.2 Å². The number of hydrogen-bond acceptors (Lipinski definition) is 6. The van der Waals surface area contributed by atoms with Crippen LogP contribution in [0, 0.1) is 18.3 Å². The topological polar surface area (TPSA) is 95.3 Å². The number of fused-ring (bicyclic) bond motifs is 1. The van der Waals surface area contributed by atoms with E-state index in [9.17, 15) is 5.26 Å². The third-order valence-corrected chi connectivity index (χ3v) is 5.21. The predicted molar refractivity (Wildman–Crippen MR) is 111 cm³/mol. The van der Waals surface area contributed by atoms with Gasteiger partial charge in [-0.15, -0.1) is 0 Å². The van der Waals surface area contributed by atoms with Crippen molar-refractivity contribution >= 4 is 0 Å². The maximum atomic E-state index is 9.83. The van der Waals surface area contributed by atoms with Crippen LogP contribution >= 0.6 is 0 Å². The highest BCUT2D eigenvalue weighted by molar-refractivity contribution is 5.57. The largest absolute Gasteiger partial charge is 0.493 e. The second kappa shape index (κ2) is 7.84. The number of nitrogens with two attached hydrogens (primary N) is 1. The fraction of sp³-hybridized carbons (Fsp3) is 0.217. The summed E-state index contributed by atoms with van der Waals surface area (Å²) in [6.45, 7) is 2.44. The molecule has 0 aliphatic carbocycles. The van der Waals surface area contributed by atoms with Crippen molar-refractivity contribution in [2.45, 2.75) is 19.4 Å². The molecular formula is C23H22N4O3. The summed E-state index contributed by atoms with van der Waals surface area (Å²) < 4.78 is 18.5. The Morgan fingerprint density at radius 2 is 1.87 bits per heavy atom. The third kappa shape index (κ3) is 3.22. The minimum atomic E-state index is -0.414. The lowest BCUT2D eigenvalue weighted by Gasteiger charge is -2.25. The standard InChI is InChI=1S/C23H22N4O3/c1-14-20-21(16-9-10-18(28-2)19(11-16)29-3)17(12-24)22(25)30-23(20)27(26-14)13-15-7-5-4-6-8-15/h4-11,21H,13,25H2,1-3H3. The predicted octanol–water partition coefficient (Wildman–Crippen LogP) is 3.48. The van der Waals surface area contributed by atoms with E-state index < -0.39 is 5.92 Å². The van der Waals surface area contributed by atoms with Crippen LogP contribution < -0.4 is 19.9 Å². The molecule has 0 spiro atoms. The first-order valence-corrected chi connectivity index (χ1v) is 9.48. The lowest BCUT2D eigenvalue weighted by atomic mass is 9.84. The first-order chi connectivity index (χ1) is 14.6. The monoisotopic (exact) mass is 402 g/mol. The van der Waals surface area contributed by atoms with E-state index in [1.165, 1.54) is 0 Å². The average Bonchev–Trinajstić information content (AvgIpc) is 3.07. The van der Waals surface area contributed by atoms with Crippen molar-refractivity contribution in [1.82, 2.24) is 9.78 Å². The molecular weight excluding hydrogens is 380 g/mol. The van der Waals surface area contributed by atoms with Gasteiger partial charge in [0.2, 0.25) is 11.8 Å². The summed E-state index contributed by atoms with van der Waals surface area (Å²) in [6, 6.07) is 17.8. The van der Waals surface area contributed by atoms with Gasteiger partial charge in [0, 0.05) is 0 Å². The van der Waals surface area contributed by atoms with Gasteiger partial charge in [-0.25, -0.2) is 4.68 Å². The van der Waals surface area contributed by atoms with Crippen molar-refractivity contribution < 1.29 is 14.2 Å². The fourth-order valence-corrected chi connectivity index (χ4v) is 3.81. The van der Waals surface area contributed by atoms with Crippen LogP contribution in [0.25, 0.3) is 0 Å². The highest BCUT2D eigenvalue weighted by atomic mass is 16.5. The summed E-state index contributed by atoms with van der Waals surface area (Å²) in [6.07, 6.45) is 0. The maximum Gasteiger partial charge on any atom is 0.224 e. The number of hydrogen-bond donors (Lipinski definition) is 1. The summed E-state index contributed by atoms with van der Waals surface area (Å²) in [5, 5.41) is 14.5. The summed E-state index contributed by atoms with van der Waals surface area (Å²) >= 11 is 0. The van der Waals surface area contributed by atoms with Crippen molar-refractivity contribution in [3.63, 3.8) is 0 Å². The molecule has 3 aromatic rings. The summed E-state index contributed by atoms with van der Waals surface area (Å²) in [5.74, 6) is 1.41. The van der Waals surface area contributed by atoms with E-state index in [2.05, 4.69) is 11.2 Å². The number of aryl methyl sites for hydroxylation is 1. The van der Waals surface area contributed by atoms with Crippen LogP contribution in [0.1, 0.15) is 28.3 Å². The summed E-state index contributed by atoms with van der Waals surface area (Å²) in [7, 11) is 3.16. The minimum absolute atomic E-state index is 0.0824. The van der Waals surface area contributed by atoms with Crippen LogP contribution in [-0.2, 0) is 6.54 Å². The molecule has 0 amide bonds. The van der Waals surface area contributed by atoms with Crippen molar-refractivity contribution in [3.05, 3.63) is 82.4 Å². The van der Waals surface area contributed by atoms with E-state index in [-0.39, 0.29) is 5.88 Å². The van der Waals surface area contributed by atoms with Crippen LogP contribution in [0.4, 0.5) is 0 Å². The maximum absolute atomic E-state index is 9.83. The van der Waals surface area contributed by atoms with E-state index in [1.807, 2.05) is 55.5 Å². The Balaban J connectivity index is 1.85. The second-order valence-electron chi connectivity index (χ2n) is 6.99. The molecule has 0 radical (unpaired) electrons. The van der Waals surface area contributed by atoms with E-state index in [0.717, 1.165) is 22.4 Å². The zero-order valence-corrected chi connectivity index (χ0v) is 17.0. The van der Waals surface area contributed by atoms with Gasteiger partial charge in [0.1, 0.15) is 11.6 Å². The number of benzene rings is 2. The number of ether oxygens (including phenoxy) is 3. The van der Waals surface area contributed by atoms with E-state index >= 15 is 0 Å². The van der Waals surface area contributed by atoms with Crippen molar-refractivity contribution in [1.29, 1.82) is 5.26 Å². The molecule has 0 bridgehead atoms. The van der Waals surface area contributed by atoms with Gasteiger partial charge < -0.3 is 19.9 Å². The van der Waals surface area contributed by atoms with Gasteiger partial charge in [-0.2, -0.15) is 10.4 Å². The molecule has 1 aliphatic rings. The number of rotatable bonds is 5. The van der Waals surface area contributed by atoms with Crippen LogP contribution in [0.3, 0.4) is 0 Å². The Morgan fingerprint density at radius 1 is 1.13 bits per heavy atom. The second-order valence-corrected chi connectivity index (χ2v) is 6.99. The van der Waals surface area contributed by atoms with Crippen molar-refractivity contribution in [3.8, 4) is 23.4 Å².